The number of hydrogen-bond acceptors (Lipinski definition) is 5. The van der Waals surface area contributed by atoms with E-state index in [-0.39, 0.29) is 12.6 Å². The second-order valence-corrected chi connectivity index (χ2v) is 6.29. The summed E-state index contributed by atoms with van der Waals surface area (Å²) in [5.74, 6) is 1.39. The third-order valence-corrected chi connectivity index (χ3v) is 4.11. The predicted octanol–water partition coefficient (Wildman–Crippen LogP) is 4.62. The van der Waals surface area contributed by atoms with Crippen molar-refractivity contribution in [2.24, 2.45) is 0 Å². The quantitative estimate of drug-likeness (QED) is 0.587. The molecule has 28 heavy (non-hydrogen) atoms. The number of rotatable bonds is 7. The summed E-state index contributed by atoms with van der Waals surface area (Å²) >= 11 is 5.90. The maximum atomic E-state index is 12.6. The average molecular weight is 399 g/mol. The summed E-state index contributed by atoms with van der Waals surface area (Å²) in [5, 5.41) is 7.41. The first kappa shape index (κ1) is 19.4. The summed E-state index contributed by atoms with van der Waals surface area (Å²) in [6.07, 6.45) is 1.63. The molecule has 8 heteroatoms. The molecule has 0 spiro atoms. The standard InChI is InChI=1S/C20H19ClN4O3/c1-3-11-25(20(26)22-16-5-4-6-17(12-16)27-2)13-18-23-19(24-28-18)14-7-9-15(21)10-8-14/h3-10,12H,1,11,13H2,2H3,(H,22,26). The van der Waals surface area contributed by atoms with Gasteiger partial charge in [0.1, 0.15) is 12.3 Å². The number of anilines is 1. The highest BCUT2D eigenvalue weighted by Gasteiger charge is 2.17. The number of methoxy groups -OCH3 is 1. The molecule has 0 radical (unpaired) electrons. The van der Waals surface area contributed by atoms with E-state index < -0.39 is 0 Å². The van der Waals surface area contributed by atoms with Crippen LogP contribution in [0.1, 0.15) is 5.89 Å². The van der Waals surface area contributed by atoms with Crippen molar-refractivity contribution >= 4 is 23.3 Å². The molecule has 3 rings (SSSR count). The van der Waals surface area contributed by atoms with Gasteiger partial charge in [-0.2, -0.15) is 4.98 Å². The largest absolute Gasteiger partial charge is 0.497 e. The van der Waals surface area contributed by atoms with Gasteiger partial charge in [-0.25, -0.2) is 4.79 Å². The van der Waals surface area contributed by atoms with Gasteiger partial charge in [0.15, 0.2) is 0 Å². The zero-order valence-electron chi connectivity index (χ0n) is 15.3. The summed E-state index contributed by atoms with van der Waals surface area (Å²) in [5.41, 5.74) is 1.39. The fourth-order valence-electron chi connectivity index (χ4n) is 2.48. The molecule has 0 saturated carbocycles. The van der Waals surface area contributed by atoms with Gasteiger partial charge in [-0.15, -0.1) is 6.58 Å². The lowest BCUT2D eigenvalue weighted by atomic mass is 10.2. The number of nitrogens with one attached hydrogen (secondary N) is 1. The van der Waals surface area contributed by atoms with E-state index in [0.29, 0.717) is 34.7 Å². The summed E-state index contributed by atoms with van der Waals surface area (Å²) in [6, 6.07) is 13.9. The highest BCUT2D eigenvalue weighted by molar-refractivity contribution is 6.30. The topological polar surface area (TPSA) is 80.5 Å². The number of urea groups is 1. The highest BCUT2D eigenvalue weighted by atomic mass is 35.5. The average Bonchev–Trinajstić information content (AvgIpc) is 3.17. The Morgan fingerprint density at radius 2 is 2.11 bits per heavy atom. The lowest BCUT2D eigenvalue weighted by Gasteiger charge is -2.19. The minimum Gasteiger partial charge on any atom is -0.497 e. The Morgan fingerprint density at radius 3 is 2.82 bits per heavy atom. The van der Waals surface area contributed by atoms with Crippen molar-refractivity contribution in [1.29, 1.82) is 0 Å². The Bertz CT molecular complexity index is 956. The Hall–Kier alpha value is -3.32. The molecule has 0 aliphatic carbocycles. The minimum absolute atomic E-state index is 0.141. The molecule has 1 heterocycles. The van der Waals surface area contributed by atoms with Gasteiger partial charge >= 0.3 is 6.03 Å². The van der Waals surface area contributed by atoms with Gasteiger partial charge in [0.25, 0.3) is 0 Å². The van der Waals surface area contributed by atoms with Crippen LogP contribution in [0.5, 0.6) is 5.75 Å². The summed E-state index contributed by atoms with van der Waals surface area (Å²) < 4.78 is 10.5. The van der Waals surface area contributed by atoms with Crippen LogP contribution in [0.4, 0.5) is 10.5 Å². The van der Waals surface area contributed by atoms with Crippen molar-refractivity contribution in [2.45, 2.75) is 6.54 Å². The van der Waals surface area contributed by atoms with E-state index in [9.17, 15) is 4.79 Å². The Morgan fingerprint density at radius 1 is 1.32 bits per heavy atom. The van der Waals surface area contributed by atoms with Crippen molar-refractivity contribution in [1.82, 2.24) is 15.0 Å². The van der Waals surface area contributed by atoms with Crippen molar-refractivity contribution in [3.05, 3.63) is 72.1 Å². The summed E-state index contributed by atoms with van der Waals surface area (Å²) in [6.45, 7) is 4.15. The molecule has 0 saturated heterocycles. The maximum Gasteiger partial charge on any atom is 0.322 e. The van der Waals surface area contributed by atoms with Crippen molar-refractivity contribution < 1.29 is 14.1 Å². The molecule has 0 aliphatic heterocycles. The number of nitrogens with zero attached hydrogens (tertiary/aromatic N) is 3. The molecule has 0 fully saturated rings. The monoisotopic (exact) mass is 398 g/mol. The van der Waals surface area contributed by atoms with Gasteiger partial charge in [0.05, 0.1) is 7.11 Å². The Kier molecular flexibility index (Phi) is 6.29. The fraction of sp³-hybridized carbons (Fsp3) is 0.150. The molecule has 0 aliphatic rings. The molecule has 1 aromatic heterocycles. The van der Waals surface area contributed by atoms with E-state index in [4.69, 9.17) is 20.9 Å². The third kappa shape index (κ3) is 4.89. The minimum atomic E-state index is -0.320. The molecular formula is C20H19ClN4O3. The van der Waals surface area contributed by atoms with E-state index in [1.165, 1.54) is 4.90 Å². The second-order valence-electron chi connectivity index (χ2n) is 5.85. The summed E-state index contributed by atoms with van der Waals surface area (Å²) in [4.78, 5) is 18.5. The number of halogens is 1. The van der Waals surface area contributed by atoms with E-state index >= 15 is 0 Å². The molecule has 1 N–H and O–H groups in total. The molecule has 0 unspecified atom stereocenters. The smallest absolute Gasteiger partial charge is 0.322 e. The van der Waals surface area contributed by atoms with Crippen molar-refractivity contribution in [3.8, 4) is 17.1 Å². The zero-order chi connectivity index (χ0) is 19.9. The highest BCUT2D eigenvalue weighted by Crippen LogP contribution is 2.20. The first-order valence-electron chi connectivity index (χ1n) is 8.48. The van der Waals surface area contributed by atoms with E-state index in [0.717, 1.165) is 5.56 Å². The van der Waals surface area contributed by atoms with Crippen LogP contribution < -0.4 is 10.1 Å². The molecule has 144 valence electrons. The predicted molar refractivity (Wildman–Crippen MR) is 107 cm³/mol. The number of aromatic nitrogens is 2. The number of ether oxygens (including phenoxy) is 1. The van der Waals surface area contributed by atoms with Crippen LogP contribution in [0.3, 0.4) is 0 Å². The maximum absolute atomic E-state index is 12.6. The van der Waals surface area contributed by atoms with Crippen LogP contribution in [0.2, 0.25) is 5.02 Å². The van der Waals surface area contributed by atoms with Crippen LogP contribution in [-0.2, 0) is 6.54 Å². The lowest BCUT2D eigenvalue weighted by molar-refractivity contribution is 0.206. The van der Waals surface area contributed by atoms with Gasteiger partial charge < -0.3 is 19.5 Å². The van der Waals surface area contributed by atoms with Gasteiger partial charge in [-0.3, -0.25) is 0 Å². The Balaban J connectivity index is 1.71. The molecule has 7 nitrogen and oxygen atoms in total. The summed E-state index contributed by atoms with van der Waals surface area (Å²) in [7, 11) is 1.57. The number of amides is 2. The first-order chi connectivity index (χ1) is 13.6. The van der Waals surface area contributed by atoms with E-state index in [2.05, 4.69) is 22.0 Å². The fourth-order valence-corrected chi connectivity index (χ4v) is 2.60. The van der Waals surface area contributed by atoms with Crippen LogP contribution >= 0.6 is 11.6 Å². The van der Waals surface area contributed by atoms with Crippen LogP contribution in [-0.4, -0.2) is 34.7 Å². The first-order valence-corrected chi connectivity index (χ1v) is 8.86. The molecule has 2 aromatic carbocycles. The molecular weight excluding hydrogens is 380 g/mol. The molecule has 3 aromatic rings. The van der Waals surface area contributed by atoms with Gasteiger partial charge in [-0.05, 0) is 36.4 Å². The normalized spacial score (nSPS) is 10.4. The third-order valence-electron chi connectivity index (χ3n) is 3.85. The lowest BCUT2D eigenvalue weighted by Crippen LogP contribution is -2.34. The van der Waals surface area contributed by atoms with Crippen molar-refractivity contribution in [3.63, 3.8) is 0 Å². The number of carbonyl (C=O) groups is 1. The van der Waals surface area contributed by atoms with Gasteiger partial charge in [0.2, 0.25) is 11.7 Å². The van der Waals surface area contributed by atoms with Crippen LogP contribution in [0, 0.1) is 0 Å². The number of benzene rings is 2. The van der Waals surface area contributed by atoms with E-state index in [1.54, 1.807) is 61.7 Å². The van der Waals surface area contributed by atoms with Crippen LogP contribution in [0.25, 0.3) is 11.4 Å². The van der Waals surface area contributed by atoms with Gasteiger partial charge in [0, 0.05) is 28.9 Å². The van der Waals surface area contributed by atoms with Crippen LogP contribution in [0.15, 0.2) is 65.7 Å². The van der Waals surface area contributed by atoms with Crippen molar-refractivity contribution in [2.75, 3.05) is 19.0 Å². The SMILES string of the molecule is C=CCN(Cc1nc(-c2ccc(Cl)cc2)no1)C(=O)Nc1cccc(OC)c1. The number of hydrogen-bond donors (Lipinski definition) is 1. The second kappa shape index (κ2) is 9.05. The molecule has 0 bridgehead atoms. The van der Waals surface area contributed by atoms with Gasteiger partial charge in [-0.1, -0.05) is 28.9 Å². The zero-order valence-corrected chi connectivity index (χ0v) is 16.0. The Labute approximate surface area is 167 Å². The molecule has 0 atom stereocenters. The molecule has 2 amide bonds. The number of carbonyl (C=O) groups excluding carboxylic acids is 1. The van der Waals surface area contributed by atoms with E-state index in [1.807, 2.05) is 0 Å².